The van der Waals surface area contributed by atoms with Crippen molar-refractivity contribution in [1.82, 2.24) is 0 Å². The van der Waals surface area contributed by atoms with Crippen molar-refractivity contribution in [2.45, 2.75) is 180 Å². The Morgan fingerprint density at radius 2 is 0.516 bits per heavy atom. The zero-order chi connectivity index (χ0) is 22.9. The summed E-state index contributed by atoms with van der Waals surface area (Å²) in [4.78, 5) is 20.7. The largest absolute Gasteiger partial charge is 0.411 e. The maximum atomic E-state index is 10.3. The van der Waals surface area contributed by atoms with E-state index in [2.05, 4.69) is 13.8 Å². The molecule has 0 rings (SSSR count). The minimum atomic E-state index is -2.90. The van der Waals surface area contributed by atoms with Crippen LogP contribution in [0.3, 0.4) is 0 Å². The van der Waals surface area contributed by atoms with Crippen LogP contribution in [0.4, 0.5) is 0 Å². The molecule has 31 heavy (non-hydrogen) atoms. The molecule has 2 N–H and O–H groups in total. The molecule has 0 aromatic rings. The molecule has 3 heteroatoms. The normalized spacial score (nSPS) is 12.0. The molecule has 2 nitrogen and oxygen atoms in total. The van der Waals surface area contributed by atoms with E-state index in [0.717, 1.165) is 12.8 Å². The fourth-order valence-electron chi connectivity index (χ4n) is 4.62. The number of rotatable bonds is 26. The summed E-state index contributed by atoms with van der Waals surface area (Å²) in [5.74, 6) is 0. The van der Waals surface area contributed by atoms with Crippen molar-refractivity contribution < 1.29 is 9.59 Å². The number of hydrogen-bond acceptors (Lipinski definition) is 2. The van der Waals surface area contributed by atoms with Gasteiger partial charge in [-0.05, 0) is 12.1 Å². The highest BCUT2D eigenvalue weighted by atomic mass is 28.4. The van der Waals surface area contributed by atoms with Crippen LogP contribution in [0, 0.1) is 0 Å². The van der Waals surface area contributed by atoms with Gasteiger partial charge in [0, 0.05) is 0 Å². The van der Waals surface area contributed by atoms with E-state index < -0.39 is 8.56 Å². The van der Waals surface area contributed by atoms with Gasteiger partial charge in [-0.2, -0.15) is 0 Å². The Kier molecular flexibility index (Phi) is 24.9. The van der Waals surface area contributed by atoms with Crippen LogP contribution >= 0.6 is 0 Å². The zero-order valence-electron chi connectivity index (χ0n) is 21.8. The van der Waals surface area contributed by atoms with E-state index in [4.69, 9.17) is 0 Å². The van der Waals surface area contributed by atoms with Gasteiger partial charge in [-0.3, -0.25) is 0 Å². The van der Waals surface area contributed by atoms with Crippen LogP contribution in [0.1, 0.15) is 168 Å². The molecule has 0 radical (unpaired) electrons. The van der Waals surface area contributed by atoms with Crippen molar-refractivity contribution in [2.24, 2.45) is 0 Å². The molecule has 0 spiro atoms. The Morgan fingerprint density at radius 3 is 0.742 bits per heavy atom. The summed E-state index contributed by atoms with van der Waals surface area (Å²) in [5, 5.41) is 0. The fourth-order valence-corrected chi connectivity index (χ4v) is 6.51. The third kappa shape index (κ3) is 26.3. The van der Waals surface area contributed by atoms with E-state index in [-0.39, 0.29) is 0 Å². The molecule has 0 aliphatic heterocycles. The Hall–Kier alpha value is 0.137. The molecule has 0 heterocycles. The molecule has 0 saturated heterocycles. The van der Waals surface area contributed by atoms with Gasteiger partial charge in [-0.15, -0.1) is 0 Å². The van der Waals surface area contributed by atoms with E-state index in [1.165, 1.54) is 141 Å². The summed E-state index contributed by atoms with van der Waals surface area (Å²) < 4.78 is 0. The van der Waals surface area contributed by atoms with Gasteiger partial charge >= 0.3 is 8.56 Å². The van der Waals surface area contributed by atoms with Gasteiger partial charge in [0.1, 0.15) is 0 Å². The molecule has 0 atom stereocenters. The Bertz CT molecular complexity index is 303. The first-order valence-corrected chi connectivity index (χ1v) is 16.9. The van der Waals surface area contributed by atoms with Gasteiger partial charge in [0.2, 0.25) is 0 Å². The summed E-state index contributed by atoms with van der Waals surface area (Å²) in [6, 6.07) is 1.39. The monoisotopic (exact) mass is 456 g/mol. The van der Waals surface area contributed by atoms with E-state index in [1.807, 2.05) is 0 Å². The minimum Gasteiger partial charge on any atom is -0.411 e. The van der Waals surface area contributed by atoms with Gasteiger partial charge in [0.15, 0.2) is 0 Å². The van der Waals surface area contributed by atoms with Gasteiger partial charge in [0.05, 0.1) is 0 Å². The summed E-state index contributed by atoms with van der Waals surface area (Å²) in [7, 11) is -2.90. The lowest BCUT2D eigenvalue weighted by molar-refractivity contribution is 0.350. The first-order valence-electron chi connectivity index (χ1n) is 14.6. The van der Waals surface area contributed by atoms with Crippen LogP contribution in [-0.4, -0.2) is 18.2 Å². The Morgan fingerprint density at radius 1 is 0.323 bits per heavy atom. The quantitative estimate of drug-likeness (QED) is 0.100. The smallest absolute Gasteiger partial charge is 0.332 e. The topological polar surface area (TPSA) is 40.5 Å². The van der Waals surface area contributed by atoms with Crippen LogP contribution in [0.2, 0.25) is 12.1 Å². The predicted octanol–water partition coefficient (Wildman–Crippen LogP) is 9.82. The molecule has 0 saturated carbocycles. The van der Waals surface area contributed by atoms with E-state index in [0.29, 0.717) is 12.1 Å². The maximum Gasteiger partial charge on any atom is 0.332 e. The van der Waals surface area contributed by atoms with Gasteiger partial charge in [0.25, 0.3) is 0 Å². The van der Waals surface area contributed by atoms with Crippen LogP contribution in [0.5, 0.6) is 0 Å². The fraction of sp³-hybridized carbons (Fsp3) is 1.00. The summed E-state index contributed by atoms with van der Waals surface area (Å²) in [6.07, 6.45) is 32.0. The lowest BCUT2D eigenvalue weighted by atomic mass is 10.1. The lowest BCUT2D eigenvalue weighted by Crippen LogP contribution is -2.33. The van der Waals surface area contributed by atoms with E-state index >= 15 is 0 Å². The van der Waals surface area contributed by atoms with Crippen molar-refractivity contribution in [1.29, 1.82) is 0 Å². The Balaban J connectivity index is 3.29. The van der Waals surface area contributed by atoms with Crippen LogP contribution in [0.25, 0.3) is 0 Å². The van der Waals surface area contributed by atoms with Gasteiger partial charge < -0.3 is 9.59 Å². The highest BCUT2D eigenvalue weighted by Crippen LogP contribution is 2.20. The zero-order valence-corrected chi connectivity index (χ0v) is 22.8. The molecule has 0 aliphatic rings. The molecule has 0 aliphatic carbocycles. The molecule has 0 aromatic heterocycles. The van der Waals surface area contributed by atoms with E-state index in [1.54, 1.807) is 0 Å². The average molecular weight is 457 g/mol. The van der Waals surface area contributed by atoms with Crippen molar-refractivity contribution in [3.05, 3.63) is 0 Å². The molecular weight excluding hydrogens is 396 g/mol. The third-order valence-corrected chi connectivity index (χ3v) is 9.17. The number of unbranched alkanes of at least 4 members (excludes halogenated alkanes) is 22. The lowest BCUT2D eigenvalue weighted by Gasteiger charge is -2.17. The molecule has 188 valence electrons. The predicted molar refractivity (Wildman–Crippen MR) is 142 cm³/mol. The highest BCUT2D eigenvalue weighted by Gasteiger charge is 2.27. The summed E-state index contributed by atoms with van der Waals surface area (Å²) >= 11 is 0. The van der Waals surface area contributed by atoms with Gasteiger partial charge in [-0.1, -0.05) is 168 Å². The van der Waals surface area contributed by atoms with Crippen molar-refractivity contribution in [3.63, 3.8) is 0 Å². The van der Waals surface area contributed by atoms with Crippen molar-refractivity contribution >= 4 is 8.56 Å². The average Bonchev–Trinajstić information content (AvgIpc) is 2.75. The SMILES string of the molecule is CCCCCCCCCCCCCC[Si](O)(O)CCCCCCCCCCCCCC. The molecule has 0 aromatic carbocycles. The first kappa shape index (κ1) is 31.1. The molecule has 0 fully saturated rings. The molecular formula is C28H60O2Si. The van der Waals surface area contributed by atoms with Crippen molar-refractivity contribution in [2.75, 3.05) is 0 Å². The van der Waals surface area contributed by atoms with Crippen molar-refractivity contribution in [3.8, 4) is 0 Å². The minimum absolute atomic E-state index is 0.697. The second-order valence-electron chi connectivity index (χ2n) is 10.3. The van der Waals surface area contributed by atoms with Crippen LogP contribution in [0.15, 0.2) is 0 Å². The Labute approximate surface area is 198 Å². The van der Waals surface area contributed by atoms with Crippen LogP contribution in [-0.2, 0) is 0 Å². The summed E-state index contributed by atoms with van der Waals surface area (Å²) in [5.41, 5.74) is 0. The van der Waals surface area contributed by atoms with Gasteiger partial charge in [-0.25, -0.2) is 0 Å². The standard InChI is InChI=1S/C28H60O2Si/c1-3-5-7-9-11-13-15-17-19-21-23-25-27-31(29,30)28-26-24-22-20-18-16-14-12-10-8-6-4-2/h29-30H,3-28H2,1-2H3. The molecule has 0 unspecified atom stereocenters. The van der Waals surface area contributed by atoms with E-state index in [9.17, 15) is 9.59 Å². The second-order valence-corrected chi connectivity index (χ2v) is 13.2. The van der Waals surface area contributed by atoms with Crippen LogP contribution < -0.4 is 0 Å². The molecule has 0 bridgehead atoms. The number of hydrogen-bond donors (Lipinski definition) is 2. The highest BCUT2D eigenvalue weighted by molar-refractivity contribution is 6.64. The maximum absolute atomic E-state index is 10.3. The molecule has 0 amide bonds. The first-order chi connectivity index (χ1) is 15.1. The second kappa shape index (κ2) is 24.8. The third-order valence-electron chi connectivity index (χ3n) is 6.86. The summed E-state index contributed by atoms with van der Waals surface area (Å²) in [6.45, 7) is 4.55.